The Morgan fingerprint density at radius 1 is 1.08 bits per heavy atom. The molecule has 2 aromatic heterocycles. The highest BCUT2D eigenvalue weighted by Crippen LogP contribution is 2.35. The number of hydrogen-bond donors (Lipinski definition) is 2. The maximum Gasteiger partial charge on any atom is 0.323 e. The third kappa shape index (κ3) is 6.17. The maximum absolute atomic E-state index is 14.0. The standard InChI is InChI=1S/C31H35BrN4O3/c1-6-7-16-36-28-23(12-9-15-33-28)26(21-10-8-11-22(18-21)39-5)27(29(36)37)35-30(38)34-25-17-20(19-32)13-14-24(25)31(2,3)4/h8-15,17-18H,6-7,16,19H2,1-5H3,(H2,34,35,38). The number of amides is 2. The van der Waals surface area contributed by atoms with Gasteiger partial charge in [0, 0.05) is 34.7 Å². The van der Waals surface area contributed by atoms with Crippen LogP contribution in [0.5, 0.6) is 5.75 Å². The lowest BCUT2D eigenvalue weighted by Crippen LogP contribution is -2.30. The van der Waals surface area contributed by atoms with Gasteiger partial charge in [-0.25, -0.2) is 9.78 Å². The van der Waals surface area contributed by atoms with E-state index >= 15 is 0 Å². The summed E-state index contributed by atoms with van der Waals surface area (Å²) in [5.74, 6) is 0.650. The lowest BCUT2D eigenvalue weighted by Gasteiger charge is -2.24. The molecule has 2 aromatic carbocycles. The van der Waals surface area contributed by atoms with E-state index in [-0.39, 0.29) is 16.7 Å². The minimum atomic E-state index is -0.487. The molecule has 0 unspecified atom stereocenters. The number of fused-ring (bicyclic) bond motifs is 1. The molecule has 0 radical (unpaired) electrons. The molecule has 204 valence electrons. The molecule has 2 N–H and O–H groups in total. The Kier molecular flexibility index (Phi) is 8.75. The number of methoxy groups -OCH3 is 1. The molecular formula is C31H35BrN4O3. The molecule has 0 bridgehead atoms. The molecule has 8 heteroatoms. The second-order valence-corrected chi connectivity index (χ2v) is 11.1. The predicted octanol–water partition coefficient (Wildman–Crippen LogP) is 7.71. The number of aromatic nitrogens is 2. The molecule has 0 fully saturated rings. The van der Waals surface area contributed by atoms with Gasteiger partial charge in [-0.3, -0.25) is 9.36 Å². The number of halogens is 1. The Bertz CT molecular complexity index is 1560. The van der Waals surface area contributed by atoms with Crippen LogP contribution < -0.4 is 20.9 Å². The maximum atomic E-state index is 14.0. The van der Waals surface area contributed by atoms with Crippen LogP contribution in [0.15, 0.2) is 65.6 Å². The van der Waals surface area contributed by atoms with Crippen molar-refractivity contribution in [1.82, 2.24) is 9.55 Å². The van der Waals surface area contributed by atoms with Gasteiger partial charge in [0.05, 0.1) is 7.11 Å². The van der Waals surface area contributed by atoms with Gasteiger partial charge in [0.25, 0.3) is 5.56 Å². The van der Waals surface area contributed by atoms with Gasteiger partial charge in [-0.05, 0) is 58.9 Å². The van der Waals surface area contributed by atoms with E-state index in [0.29, 0.717) is 34.5 Å². The van der Waals surface area contributed by atoms with Crippen molar-refractivity contribution in [2.45, 2.75) is 57.8 Å². The molecule has 0 atom stereocenters. The fraction of sp³-hybridized carbons (Fsp3) is 0.323. The zero-order valence-electron chi connectivity index (χ0n) is 23.1. The first kappa shape index (κ1) is 28.4. The number of ether oxygens (including phenoxy) is 1. The molecule has 0 aliphatic heterocycles. The molecule has 4 aromatic rings. The third-order valence-corrected chi connectivity index (χ3v) is 7.29. The normalized spacial score (nSPS) is 11.4. The van der Waals surface area contributed by atoms with Gasteiger partial charge in [0.15, 0.2) is 0 Å². The number of nitrogens with zero attached hydrogens (tertiary/aromatic N) is 2. The zero-order chi connectivity index (χ0) is 28.2. The largest absolute Gasteiger partial charge is 0.497 e. The van der Waals surface area contributed by atoms with Crippen LogP contribution in [0.1, 0.15) is 51.7 Å². The minimum Gasteiger partial charge on any atom is -0.497 e. The van der Waals surface area contributed by atoms with Crippen molar-refractivity contribution < 1.29 is 9.53 Å². The highest BCUT2D eigenvalue weighted by molar-refractivity contribution is 9.08. The van der Waals surface area contributed by atoms with Gasteiger partial charge < -0.3 is 15.4 Å². The van der Waals surface area contributed by atoms with Crippen LogP contribution in [-0.2, 0) is 17.3 Å². The number of anilines is 2. The summed E-state index contributed by atoms with van der Waals surface area (Å²) in [6.45, 7) is 8.87. The van der Waals surface area contributed by atoms with Crippen LogP contribution >= 0.6 is 15.9 Å². The number of carbonyl (C=O) groups is 1. The number of hydrogen-bond acceptors (Lipinski definition) is 4. The Morgan fingerprint density at radius 3 is 2.56 bits per heavy atom. The summed E-state index contributed by atoms with van der Waals surface area (Å²) in [7, 11) is 1.60. The fourth-order valence-corrected chi connectivity index (χ4v) is 5.05. The SMILES string of the molecule is CCCCn1c(=O)c(NC(=O)Nc2cc(CBr)ccc2C(C)(C)C)c(-c2cccc(OC)c2)c2cccnc21. The van der Waals surface area contributed by atoms with Gasteiger partial charge in [-0.2, -0.15) is 0 Å². The van der Waals surface area contributed by atoms with Crippen molar-refractivity contribution in [3.8, 4) is 16.9 Å². The first-order valence-corrected chi connectivity index (χ1v) is 14.2. The first-order chi connectivity index (χ1) is 18.7. The topological polar surface area (TPSA) is 85.2 Å². The van der Waals surface area contributed by atoms with Crippen molar-refractivity contribution in [2.24, 2.45) is 0 Å². The van der Waals surface area contributed by atoms with Crippen LogP contribution in [0, 0.1) is 0 Å². The van der Waals surface area contributed by atoms with Crippen LogP contribution in [-0.4, -0.2) is 22.7 Å². The molecule has 2 amide bonds. The van der Waals surface area contributed by atoms with E-state index in [1.54, 1.807) is 17.9 Å². The second kappa shape index (κ2) is 12.0. The zero-order valence-corrected chi connectivity index (χ0v) is 24.7. The summed E-state index contributed by atoms with van der Waals surface area (Å²) in [4.78, 5) is 32.1. The molecule has 0 aliphatic carbocycles. The summed E-state index contributed by atoms with van der Waals surface area (Å²) in [6, 6.07) is 16.8. The van der Waals surface area contributed by atoms with E-state index in [9.17, 15) is 9.59 Å². The number of aryl methyl sites for hydroxylation is 1. The summed E-state index contributed by atoms with van der Waals surface area (Å²) in [5, 5.41) is 7.38. The Labute approximate surface area is 237 Å². The number of benzene rings is 2. The van der Waals surface area contributed by atoms with Crippen LogP contribution in [0.3, 0.4) is 0 Å². The number of carbonyl (C=O) groups excluding carboxylic acids is 1. The van der Waals surface area contributed by atoms with Crippen LogP contribution in [0.25, 0.3) is 22.2 Å². The Morgan fingerprint density at radius 2 is 1.87 bits per heavy atom. The fourth-order valence-electron chi connectivity index (χ4n) is 4.70. The summed E-state index contributed by atoms with van der Waals surface area (Å²) in [5.41, 5.74) is 4.38. The minimum absolute atomic E-state index is 0.194. The number of nitrogens with one attached hydrogen (secondary N) is 2. The number of rotatable bonds is 8. The Balaban J connectivity index is 1.88. The van der Waals surface area contributed by atoms with E-state index in [0.717, 1.165) is 34.9 Å². The molecule has 2 heterocycles. The smallest absolute Gasteiger partial charge is 0.323 e. The molecule has 7 nitrogen and oxygen atoms in total. The number of alkyl halides is 1. The van der Waals surface area contributed by atoms with Gasteiger partial charge in [0.1, 0.15) is 17.1 Å². The van der Waals surface area contributed by atoms with Crippen molar-refractivity contribution in [2.75, 3.05) is 17.7 Å². The quantitative estimate of drug-likeness (QED) is 0.206. The first-order valence-electron chi connectivity index (χ1n) is 13.1. The van der Waals surface area contributed by atoms with Crippen molar-refractivity contribution >= 4 is 44.4 Å². The van der Waals surface area contributed by atoms with Crippen molar-refractivity contribution in [3.05, 3.63) is 82.3 Å². The highest BCUT2D eigenvalue weighted by atomic mass is 79.9. The molecule has 39 heavy (non-hydrogen) atoms. The molecular weight excluding hydrogens is 556 g/mol. The van der Waals surface area contributed by atoms with Crippen LogP contribution in [0.4, 0.5) is 16.2 Å². The van der Waals surface area contributed by atoms with Crippen molar-refractivity contribution in [1.29, 1.82) is 0 Å². The third-order valence-electron chi connectivity index (χ3n) is 6.65. The second-order valence-electron chi connectivity index (χ2n) is 10.5. The predicted molar refractivity (Wildman–Crippen MR) is 163 cm³/mol. The highest BCUT2D eigenvalue weighted by Gasteiger charge is 2.23. The summed E-state index contributed by atoms with van der Waals surface area (Å²) < 4.78 is 7.12. The molecule has 0 saturated carbocycles. The van der Waals surface area contributed by atoms with E-state index in [4.69, 9.17) is 4.74 Å². The molecule has 0 spiro atoms. The molecule has 0 saturated heterocycles. The number of urea groups is 1. The van der Waals surface area contributed by atoms with Crippen molar-refractivity contribution in [3.63, 3.8) is 0 Å². The summed E-state index contributed by atoms with van der Waals surface area (Å²) in [6.07, 6.45) is 3.41. The Hall–Kier alpha value is -3.65. The van der Waals surface area contributed by atoms with E-state index < -0.39 is 6.03 Å². The molecule has 0 aliphatic rings. The van der Waals surface area contributed by atoms with E-state index in [2.05, 4.69) is 59.2 Å². The van der Waals surface area contributed by atoms with Gasteiger partial charge in [0.2, 0.25) is 0 Å². The monoisotopic (exact) mass is 590 g/mol. The molecule has 4 rings (SSSR count). The number of unbranched alkanes of at least 4 members (excludes halogenated alkanes) is 1. The summed E-state index contributed by atoms with van der Waals surface area (Å²) >= 11 is 3.51. The van der Waals surface area contributed by atoms with Gasteiger partial charge in [-0.1, -0.05) is 74.3 Å². The van der Waals surface area contributed by atoms with Gasteiger partial charge in [-0.15, -0.1) is 0 Å². The average Bonchev–Trinajstić information content (AvgIpc) is 2.92. The lowest BCUT2D eigenvalue weighted by molar-refractivity contribution is 0.262. The number of pyridine rings is 2. The van der Waals surface area contributed by atoms with Crippen LogP contribution in [0.2, 0.25) is 0 Å². The average molecular weight is 592 g/mol. The van der Waals surface area contributed by atoms with E-state index in [1.807, 2.05) is 54.6 Å². The lowest BCUT2D eigenvalue weighted by atomic mass is 9.85. The van der Waals surface area contributed by atoms with E-state index in [1.165, 1.54) is 0 Å². The van der Waals surface area contributed by atoms with Gasteiger partial charge >= 0.3 is 6.03 Å².